The van der Waals surface area contributed by atoms with Crippen LogP contribution in [0.25, 0.3) is 0 Å². The maximum Gasteiger partial charge on any atom is 0.270 e. The summed E-state index contributed by atoms with van der Waals surface area (Å²) in [6.07, 6.45) is 1.33. The first-order chi connectivity index (χ1) is 9.69. The van der Waals surface area contributed by atoms with E-state index in [0.717, 1.165) is 6.42 Å². The number of carbonyl (C=O) groups is 1. The van der Waals surface area contributed by atoms with Crippen molar-refractivity contribution in [3.63, 3.8) is 0 Å². The van der Waals surface area contributed by atoms with Crippen molar-refractivity contribution in [1.29, 1.82) is 0 Å². The third-order valence-corrected chi connectivity index (χ3v) is 2.45. The lowest BCUT2D eigenvalue weighted by atomic mass is 10.2. The fourth-order valence-electron chi connectivity index (χ4n) is 1.49. The Morgan fingerprint density at radius 2 is 2.05 bits per heavy atom. The number of methoxy groups -OCH3 is 1. The van der Waals surface area contributed by atoms with E-state index < -0.39 is 4.92 Å². The van der Waals surface area contributed by atoms with Crippen LogP contribution < -0.4 is 4.74 Å². The van der Waals surface area contributed by atoms with E-state index in [4.69, 9.17) is 14.2 Å². The van der Waals surface area contributed by atoms with E-state index in [2.05, 4.69) is 0 Å². The van der Waals surface area contributed by atoms with Crippen molar-refractivity contribution < 1.29 is 23.9 Å². The van der Waals surface area contributed by atoms with Gasteiger partial charge in [-0.3, -0.25) is 14.9 Å². The second-order valence-electron chi connectivity index (χ2n) is 3.90. The van der Waals surface area contributed by atoms with Crippen molar-refractivity contribution in [3.8, 4) is 5.75 Å². The summed E-state index contributed by atoms with van der Waals surface area (Å²) in [6, 6.07) is 3.89. The van der Waals surface area contributed by atoms with E-state index in [-0.39, 0.29) is 17.9 Å². The SMILES string of the molecule is COCCCOCCOc1ccc([N+](=O)[O-])cc1C=O. The molecule has 20 heavy (non-hydrogen) atoms. The number of nitro benzene ring substituents is 1. The van der Waals surface area contributed by atoms with Gasteiger partial charge in [0.1, 0.15) is 12.4 Å². The molecule has 0 aliphatic heterocycles. The molecule has 0 amide bonds. The topological polar surface area (TPSA) is 87.9 Å². The zero-order valence-corrected chi connectivity index (χ0v) is 11.2. The van der Waals surface area contributed by atoms with Crippen LogP contribution in [0.2, 0.25) is 0 Å². The van der Waals surface area contributed by atoms with Gasteiger partial charge in [-0.05, 0) is 12.5 Å². The van der Waals surface area contributed by atoms with Crippen LogP contribution in [-0.4, -0.2) is 44.7 Å². The molecule has 1 rings (SSSR count). The summed E-state index contributed by atoms with van der Waals surface area (Å²) in [5, 5.41) is 10.6. The second kappa shape index (κ2) is 9.00. The Kier molecular flexibility index (Phi) is 7.23. The first kappa shape index (κ1) is 16.1. The number of rotatable bonds is 10. The summed E-state index contributed by atoms with van der Waals surface area (Å²) in [7, 11) is 1.62. The van der Waals surface area contributed by atoms with Gasteiger partial charge in [-0.2, -0.15) is 0 Å². The molecule has 0 radical (unpaired) electrons. The summed E-state index contributed by atoms with van der Waals surface area (Å²) in [5.74, 6) is 0.311. The number of aldehydes is 1. The van der Waals surface area contributed by atoms with E-state index in [1.54, 1.807) is 7.11 Å². The van der Waals surface area contributed by atoms with E-state index in [1.165, 1.54) is 18.2 Å². The lowest BCUT2D eigenvalue weighted by Gasteiger charge is -2.08. The summed E-state index contributed by atoms with van der Waals surface area (Å²) < 4.78 is 15.5. The Labute approximate surface area is 116 Å². The smallest absolute Gasteiger partial charge is 0.270 e. The van der Waals surface area contributed by atoms with Crippen LogP contribution in [0.4, 0.5) is 5.69 Å². The van der Waals surface area contributed by atoms with Crippen LogP contribution in [0.3, 0.4) is 0 Å². The predicted molar refractivity (Wildman–Crippen MR) is 71.3 cm³/mol. The molecule has 0 spiro atoms. The van der Waals surface area contributed by atoms with Crippen LogP contribution in [0.1, 0.15) is 16.8 Å². The van der Waals surface area contributed by atoms with Crippen molar-refractivity contribution in [3.05, 3.63) is 33.9 Å². The third kappa shape index (κ3) is 5.33. The molecule has 0 atom stereocenters. The van der Waals surface area contributed by atoms with Crippen molar-refractivity contribution >= 4 is 12.0 Å². The maximum atomic E-state index is 10.9. The molecule has 0 aliphatic carbocycles. The highest BCUT2D eigenvalue weighted by Crippen LogP contribution is 2.22. The molecule has 7 nitrogen and oxygen atoms in total. The fourth-order valence-corrected chi connectivity index (χ4v) is 1.49. The highest BCUT2D eigenvalue weighted by molar-refractivity contribution is 5.80. The molecule has 0 aromatic heterocycles. The van der Waals surface area contributed by atoms with Gasteiger partial charge in [0.15, 0.2) is 6.29 Å². The molecule has 1 aromatic rings. The Hall–Kier alpha value is -1.99. The van der Waals surface area contributed by atoms with Gasteiger partial charge in [-0.25, -0.2) is 0 Å². The Bertz CT molecular complexity index is 448. The average molecular weight is 283 g/mol. The van der Waals surface area contributed by atoms with Crippen molar-refractivity contribution in [1.82, 2.24) is 0 Å². The number of carbonyl (C=O) groups excluding carboxylic acids is 1. The second-order valence-corrected chi connectivity index (χ2v) is 3.90. The lowest BCUT2D eigenvalue weighted by molar-refractivity contribution is -0.384. The van der Waals surface area contributed by atoms with Gasteiger partial charge in [0, 0.05) is 32.5 Å². The van der Waals surface area contributed by atoms with Crippen LogP contribution in [0.15, 0.2) is 18.2 Å². The van der Waals surface area contributed by atoms with E-state index in [9.17, 15) is 14.9 Å². The minimum absolute atomic E-state index is 0.143. The number of hydrogen-bond acceptors (Lipinski definition) is 6. The highest BCUT2D eigenvalue weighted by Gasteiger charge is 2.11. The Morgan fingerprint density at radius 3 is 2.70 bits per heavy atom. The van der Waals surface area contributed by atoms with Crippen molar-refractivity contribution in [2.75, 3.05) is 33.5 Å². The van der Waals surface area contributed by atoms with Gasteiger partial charge in [0.05, 0.1) is 17.1 Å². The number of hydrogen-bond donors (Lipinski definition) is 0. The maximum absolute atomic E-state index is 10.9. The van der Waals surface area contributed by atoms with E-state index in [1.807, 2.05) is 0 Å². The van der Waals surface area contributed by atoms with Gasteiger partial charge >= 0.3 is 0 Å². The Balaban J connectivity index is 2.40. The largest absolute Gasteiger partial charge is 0.490 e. The normalized spacial score (nSPS) is 10.2. The molecular formula is C13H17NO6. The summed E-state index contributed by atoms with van der Waals surface area (Å²) in [4.78, 5) is 20.9. The van der Waals surface area contributed by atoms with Crippen molar-refractivity contribution in [2.45, 2.75) is 6.42 Å². The summed E-state index contributed by atoms with van der Waals surface area (Å²) in [5.41, 5.74) is 0.00819. The molecule has 0 N–H and O–H groups in total. The van der Waals surface area contributed by atoms with Gasteiger partial charge < -0.3 is 14.2 Å². The molecule has 0 bridgehead atoms. The standard InChI is InChI=1S/C13H17NO6/c1-18-5-2-6-19-7-8-20-13-4-3-12(14(16)17)9-11(13)10-15/h3-4,9-10H,2,5-8H2,1H3. The minimum atomic E-state index is -0.560. The molecule has 7 heteroatoms. The van der Waals surface area contributed by atoms with Crippen LogP contribution in [-0.2, 0) is 9.47 Å². The fraction of sp³-hybridized carbons (Fsp3) is 0.462. The monoisotopic (exact) mass is 283 g/mol. The zero-order chi connectivity index (χ0) is 14.8. The van der Waals surface area contributed by atoms with E-state index >= 15 is 0 Å². The molecule has 1 aromatic carbocycles. The van der Waals surface area contributed by atoms with Crippen molar-refractivity contribution in [2.24, 2.45) is 0 Å². The lowest BCUT2D eigenvalue weighted by Crippen LogP contribution is -2.09. The molecule has 0 fully saturated rings. The summed E-state index contributed by atoms with van der Waals surface area (Å²) >= 11 is 0. The van der Waals surface area contributed by atoms with Gasteiger partial charge in [0.2, 0.25) is 0 Å². The molecular weight excluding hydrogens is 266 g/mol. The molecule has 0 heterocycles. The van der Waals surface area contributed by atoms with E-state index in [0.29, 0.717) is 31.9 Å². The highest BCUT2D eigenvalue weighted by atomic mass is 16.6. The number of ether oxygens (including phenoxy) is 3. The quantitative estimate of drug-likeness (QED) is 0.282. The molecule has 0 aliphatic rings. The number of nitro groups is 1. The first-order valence-corrected chi connectivity index (χ1v) is 6.12. The molecule has 0 unspecified atom stereocenters. The molecule has 0 saturated heterocycles. The first-order valence-electron chi connectivity index (χ1n) is 6.12. The molecule has 110 valence electrons. The van der Waals surface area contributed by atoms with Gasteiger partial charge in [-0.1, -0.05) is 0 Å². The van der Waals surface area contributed by atoms with Gasteiger partial charge in [-0.15, -0.1) is 0 Å². The van der Waals surface area contributed by atoms with Crippen LogP contribution in [0.5, 0.6) is 5.75 Å². The molecule has 0 saturated carbocycles. The van der Waals surface area contributed by atoms with Crippen LogP contribution >= 0.6 is 0 Å². The van der Waals surface area contributed by atoms with Gasteiger partial charge in [0.25, 0.3) is 5.69 Å². The predicted octanol–water partition coefficient (Wildman–Crippen LogP) is 1.84. The third-order valence-electron chi connectivity index (χ3n) is 2.45. The number of nitrogens with zero attached hydrogens (tertiary/aromatic N) is 1. The average Bonchev–Trinajstić information content (AvgIpc) is 2.46. The van der Waals surface area contributed by atoms with Crippen LogP contribution in [0, 0.1) is 10.1 Å². The zero-order valence-electron chi connectivity index (χ0n) is 11.2. The number of benzene rings is 1. The minimum Gasteiger partial charge on any atom is -0.490 e. The number of non-ortho nitro benzene ring substituents is 1. The summed E-state index contributed by atoms with van der Waals surface area (Å²) in [6.45, 7) is 1.85. The Morgan fingerprint density at radius 1 is 1.25 bits per heavy atom.